The first-order chi connectivity index (χ1) is 10.4. The topological polar surface area (TPSA) is 18.8 Å². The monoisotopic (exact) mass is 283 g/mol. The van der Waals surface area contributed by atoms with Gasteiger partial charge in [-0.1, -0.05) is 12.1 Å². The van der Waals surface area contributed by atoms with Crippen LogP contribution < -0.4 is 4.90 Å². The molecule has 3 aliphatic heterocycles. The highest BCUT2D eigenvalue weighted by Crippen LogP contribution is 2.30. The van der Waals surface area contributed by atoms with Crippen LogP contribution in [0.1, 0.15) is 36.8 Å². The molecule has 0 saturated carbocycles. The molecule has 2 saturated heterocycles. The average Bonchev–Trinajstić information content (AvgIpc) is 3.09. The Kier molecular flexibility index (Phi) is 3.68. The van der Waals surface area contributed by atoms with Crippen molar-refractivity contribution < 1.29 is 0 Å². The van der Waals surface area contributed by atoms with Crippen molar-refractivity contribution in [1.29, 1.82) is 0 Å². The molecular weight excluding hydrogens is 258 g/mol. The van der Waals surface area contributed by atoms with Gasteiger partial charge in [-0.15, -0.1) is 0 Å². The summed E-state index contributed by atoms with van der Waals surface area (Å²) in [5, 5.41) is 0. The molecule has 3 aliphatic rings. The van der Waals surface area contributed by atoms with Gasteiger partial charge in [0.2, 0.25) is 0 Å². The minimum atomic E-state index is 0.838. The second-order valence-electron chi connectivity index (χ2n) is 6.59. The standard InChI is InChI=1S/C18H25N3/c1-2-11-20(10-1)16-7-12-21(13-8-16)18-5-3-4-15-14-19-9-6-17(15)18/h3-5,14,16H,1-2,6-13H2. The fourth-order valence-corrected chi connectivity index (χ4v) is 4.20. The first-order valence-electron chi connectivity index (χ1n) is 8.52. The maximum atomic E-state index is 4.42. The summed E-state index contributed by atoms with van der Waals surface area (Å²) >= 11 is 0. The molecule has 0 aliphatic carbocycles. The van der Waals surface area contributed by atoms with E-state index in [1.54, 1.807) is 0 Å². The van der Waals surface area contributed by atoms with Gasteiger partial charge < -0.3 is 9.80 Å². The van der Waals surface area contributed by atoms with E-state index in [1.807, 2.05) is 0 Å². The third-order valence-electron chi connectivity index (χ3n) is 5.37. The van der Waals surface area contributed by atoms with E-state index in [1.165, 1.54) is 68.7 Å². The van der Waals surface area contributed by atoms with Gasteiger partial charge in [0, 0.05) is 37.6 Å². The predicted octanol–water partition coefficient (Wildman–Crippen LogP) is 2.73. The Morgan fingerprint density at radius 3 is 2.62 bits per heavy atom. The van der Waals surface area contributed by atoms with Gasteiger partial charge in [-0.05, 0) is 62.4 Å². The highest BCUT2D eigenvalue weighted by Gasteiger charge is 2.27. The quantitative estimate of drug-likeness (QED) is 0.831. The van der Waals surface area contributed by atoms with Crippen LogP contribution in [0.15, 0.2) is 23.2 Å². The Balaban J connectivity index is 1.48. The van der Waals surface area contributed by atoms with Crippen LogP contribution in [-0.4, -0.2) is 49.9 Å². The van der Waals surface area contributed by atoms with Gasteiger partial charge in [-0.2, -0.15) is 0 Å². The van der Waals surface area contributed by atoms with E-state index in [0.717, 1.165) is 19.0 Å². The van der Waals surface area contributed by atoms with E-state index < -0.39 is 0 Å². The maximum absolute atomic E-state index is 4.42. The van der Waals surface area contributed by atoms with Crippen LogP contribution in [0, 0.1) is 0 Å². The highest BCUT2D eigenvalue weighted by molar-refractivity contribution is 5.86. The maximum Gasteiger partial charge on any atom is 0.0430 e. The molecule has 0 radical (unpaired) electrons. The molecular formula is C18H25N3. The Morgan fingerprint density at radius 1 is 1.00 bits per heavy atom. The Bertz CT molecular complexity index is 523. The van der Waals surface area contributed by atoms with E-state index in [-0.39, 0.29) is 0 Å². The van der Waals surface area contributed by atoms with Crippen LogP contribution in [0.2, 0.25) is 0 Å². The Hall–Kier alpha value is -1.35. The molecule has 3 heteroatoms. The van der Waals surface area contributed by atoms with Crippen LogP contribution in [-0.2, 0) is 6.42 Å². The molecule has 0 aromatic heterocycles. The fourth-order valence-electron chi connectivity index (χ4n) is 4.20. The van der Waals surface area contributed by atoms with Crippen molar-refractivity contribution >= 4 is 11.9 Å². The Labute approximate surface area is 127 Å². The normalized spacial score (nSPS) is 23.5. The zero-order valence-electron chi connectivity index (χ0n) is 12.8. The zero-order valence-corrected chi connectivity index (χ0v) is 12.8. The van der Waals surface area contributed by atoms with Gasteiger partial charge in [0.1, 0.15) is 0 Å². The van der Waals surface area contributed by atoms with Crippen molar-refractivity contribution in [2.24, 2.45) is 4.99 Å². The summed E-state index contributed by atoms with van der Waals surface area (Å²) < 4.78 is 0. The van der Waals surface area contributed by atoms with Gasteiger partial charge in [0.25, 0.3) is 0 Å². The fraction of sp³-hybridized carbons (Fsp3) is 0.611. The van der Waals surface area contributed by atoms with Crippen molar-refractivity contribution in [3.8, 4) is 0 Å². The minimum absolute atomic E-state index is 0.838. The summed E-state index contributed by atoms with van der Waals surface area (Å²) in [7, 11) is 0. The number of hydrogen-bond donors (Lipinski definition) is 0. The molecule has 21 heavy (non-hydrogen) atoms. The third-order valence-corrected chi connectivity index (χ3v) is 5.37. The highest BCUT2D eigenvalue weighted by atomic mass is 15.2. The van der Waals surface area contributed by atoms with Crippen molar-refractivity contribution in [2.45, 2.75) is 38.1 Å². The lowest BCUT2D eigenvalue weighted by Gasteiger charge is -2.39. The smallest absolute Gasteiger partial charge is 0.0430 e. The lowest BCUT2D eigenvalue weighted by molar-refractivity contribution is 0.208. The number of piperidine rings is 1. The van der Waals surface area contributed by atoms with Gasteiger partial charge in [-0.25, -0.2) is 0 Å². The molecule has 3 nitrogen and oxygen atoms in total. The van der Waals surface area contributed by atoms with E-state index >= 15 is 0 Å². The summed E-state index contributed by atoms with van der Waals surface area (Å²) in [4.78, 5) is 9.76. The van der Waals surface area contributed by atoms with Crippen molar-refractivity contribution in [3.05, 3.63) is 29.3 Å². The van der Waals surface area contributed by atoms with Gasteiger partial charge in [-0.3, -0.25) is 4.99 Å². The number of fused-ring (bicyclic) bond motifs is 1. The van der Waals surface area contributed by atoms with Crippen LogP contribution in [0.4, 0.5) is 5.69 Å². The summed E-state index contributed by atoms with van der Waals surface area (Å²) in [6, 6.07) is 7.55. The number of aliphatic imine (C=N–C) groups is 1. The first kappa shape index (κ1) is 13.3. The summed E-state index contributed by atoms with van der Waals surface area (Å²) in [6.45, 7) is 6.06. The van der Waals surface area contributed by atoms with Gasteiger partial charge in [0.05, 0.1) is 0 Å². The lowest BCUT2D eigenvalue weighted by Crippen LogP contribution is -2.44. The summed E-state index contributed by atoms with van der Waals surface area (Å²) in [5.74, 6) is 0. The number of benzene rings is 1. The molecule has 2 fully saturated rings. The zero-order chi connectivity index (χ0) is 14.1. The van der Waals surface area contributed by atoms with Gasteiger partial charge in [0.15, 0.2) is 0 Å². The molecule has 0 N–H and O–H groups in total. The van der Waals surface area contributed by atoms with Crippen molar-refractivity contribution in [3.63, 3.8) is 0 Å². The van der Waals surface area contributed by atoms with Crippen molar-refractivity contribution in [2.75, 3.05) is 37.6 Å². The molecule has 1 aromatic rings. The predicted molar refractivity (Wildman–Crippen MR) is 88.6 cm³/mol. The van der Waals surface area contributed by atoms with Crippen LogP contribution >= 0.6 is 0 Å². The number of anilines is 1. The second-order valence-corrected chi connectivity index (χ2v) is 6.59. The molecule has 0 spiro atoms. The average molecular weight is 283 g/mol. The molecule has 0 atom stereocenters. The van der Waals surface area contributed by atoms with E-state index in [0.29, 0.717) is 0 Å². The minimum Gasteiger partial charge on any atom is -0.371 e. The number of rotatable bonds is 2. The molecule has 1 aromatic carbocycles. The summed E-state index contributed by atoms with van der Waals surface area (Å²) in [5.41, 5.74) is 4.33. The molecule has 3 heterocycles. The number of nitrogens with zero attached hydrogens (tertiary/aromatic N) is 3. The van der Waals surface area contributed by atoms with Crippen LogP contribution in [0.3, 0.4) is 0 Å². The lowest BCUT2D eigenvalue weighted by atomic mass is 9.97. The van der Waals surface area contributed by atoms with Crippen LogP contribution in [0.5, 0.6) is 0 Å². The first-order valence-corrected chi connectivity index (χ1v) is 8.52. The number of hydrogen-bond acceptors (Lipinski definition) is 3. The Morgan fingerprint density at radius 2 is 1.81 bits per heavy atom. The molecule has 0 bridgehead atoms. The molecule has 4 rings (SSSR count). The van der Waals surface area contributed by atoms with Gasteiger partial charge >= 0.3 is 0 Å². The molecule has 112 valence electrons. The van der Waals surface area contributed by atoms with E-state index in [4.69, 9.17) is 0 Å². The molecule has 0 amide bonds. The van der Waals surface area contributed by atoms with Crippen molar-refractivity contribution in [1.82, 2.24) is 4.90 Å². The van der Waals surface area contributed by atoms with E-state index in [9.17, 15) is 0 Å². The molecule has 0 unspecified atom stereocenters. The van der Waals surface area contributed by atoms with E-state index in [2.05, 4.69) is 39.2 Å². The third kappa shape index (κ3) is 2.59. The second kappa shape index (κ2) is 5.80. The van der Waals surface area contributed by atoms with Crippen LogP contribution in [0.25, 0.3) is 0 Å². The number of likely N-dealkylation sites (tertiary alicyclic amines) is 1. The summed E-state index contributed by atoms with van der Waals surface area (Å²) in [6.07, 6.45) is 8.64. The SMILES string of the molecule is C1=NCCc2c1cccc2N1CCC(N2CCCC2)CC1. The largest absolute Gasteiger partial charge is 0.371 e.